The van der Waals surface area contributed by atoms with Gasteiger partial charge >= 0.3 is 5.97 Å². The van der Waals surface area contributed by atoms with E-state index in [0.717, 1.165) is 5.56 Å². The average Bonchev–Trinajstić information content (AvgIpc) is 2.72. The Morgan fingerprint density at radius 3 is 2.33 bits per heavy atom. The maximum absolute atomic E-state index is 12.6. The average molecular weight is 453 g/mol. The number of benzene rings is 2. The van der Waals surface area contributed by atoms with Crippen LogP contribution in [0.5, 0.6) is 0 Å². The molecule has 0 saturated carbocycles. The van der Waals surface area contributed by atoms with Gasteiger partial charge in [0, 0.05) is 24.7 Å². The normalized spacial score (nSPS) is 12.6. The summed E-state index contributed by atoms with van der Waals surface area (Å²) in [5, 5.41) is 3.27. The summed E-state index contributed by atoms with van der Waals surface area (Å²) in [4.78, 5) is 24.6. The number of amides is 1. The van der Waals surface area contributed by atoms with Gasteiger partial charge in [-0.05, 0) is 56.7 Å². The van der Waals surface area contributed by atoms with Crippen LogP contribution < -0.4 is 5.32 Å². The van der Waals surface area contributed by atoms with Gasteiger partial charge in [-0.1, -0.05) is 29.8 Å². The Hall–Kier alpha value is -2.42. The van der Waals surface area contributed by atoms with Crippen LogP contribution in [0.2, 0.25) is 5.02 Å². The lowest BCUT2D eigenvalue weighted by atomic mass is 10.2. The number of hydrogen-bond acceptors (Lipinski definition) is 5. The van der Waals surface area contributed by atoms with Crippen molar-refractivity contribution in [3.8, 4) is 0 Å². The van der Waals surface area contributed by atoms with E-state index in [1.54, 1.807) is 38.1 Å². The number of nitrogens with one attached hydrogen (secondary N) is 1. The molecule has 0 heterocycles. The van der Waals surface area contributed by atoms with Crippen LogP contribution in [0.4, 0.5) is 0 Å². The van der Waals surface area contributed by atoms with Gasteiger partial charge in [-0.2, -0.15) is 4.31 Å². The molecule has 9 heteroatoms. The number of nitrogens with zero attached hydrogens (tertiary/aromatic N) is 1. The quantitative estimate of drug-likeness (QED) is 0.620. The van der Waals surface area contributed by atoms with E-state index in [1.807, 2.05) is 0 Å². The van der Waals surface area contributed by atoms with Crippen molar-refractivity contribution < 1.29 is 22.7 Å². The minimum absolute atomic E-state index is 0.0204. The maximum Gasteiger partial charge on any atom is 0.338 e. The summed E-state index contributed by atoms with van der Waals surface area (Å²) in [6, 6.07) is 12.3. The highest BCUT2D eigenvalue weighted by Gasteiger charge is 2.25. The smallest absolute Gasteiger partial charge is 0.338 e. The predicted octanol–water partition coefficient (Wildman–Crippen LogP) is 3.23. The highest BCUT2D eigenvalue weighted by molar-refractivity contribution is 7.89. The van der Waals surface area contributed by atoms with Crippen molar-refractivity contribution in [3.63, 3.8) is 0 Å². The lowest BCUT2D eigenvalue weighted by Crippen LogP contribution is -2.35. The van der Waals surface area contributed by atoms with Crippen molar-refractivity contribution in [3.05, 3.63) is 64.7 Å². The largest absolute Gasteiger partial charge is 0.449 e. The van der Waals surface area contributed by atoms with Gasteiger partial charge in [0.15, 0.2) is 6.10 Å². The first-order valence-corrected chi connectivity index (χ1v) is 11.2. The molecular formula is C21H25ClN2O5S. The van der Waals surface area contributed by atoms with Crippen molar-refractivity contribution in [2.75, 3.05) is 7.05 Å². The van der Waals surface area contributed by atoms with Crippen LogP contribution in [-0.2, 0) is 26.1 Å². The van der Waals surface area contributed by atoms with Crippen molar-refractivity contribution in [2.45, 2.75) is 44.4 Å². The van der Waals surface area contributed by atoms with Gasteiger partial charge in [0.1, 0.15) is 0 Å². The number of sulfonamides is 1. The van der Waals surface area contributed by atoms with Crippen LogP contribution in [0.3, 0.4) is 0 Å². The van der Waals surface area contributed by atoms with Gasteiger partial charge in [0.05, 0.1) is 10.5 Å². The van der Waals surface area contributed by atoms with E-state index in [0.29, 0.717) is 5.02 Å². The molecule has 0 aromatic heterocycles. The summed E-state index contributed by atoms with van der Waals surface area (Å²) in [6.45, 7) is 5.20. The Labute approximate surface area is 182 Å². The predicted molar refractivity (Wildman–Crippen MR) is 115 cm³/mol. The fraction of sp³-hybridized carbons (Fsp3) is 0.333. The van der Waals surface area contributed by atoms with E-state index in [9.17, 15) is 18.0 Å². The molecule has 0 spiro atoms. The Bertz CT molecular complexity index is 1010. The lowest BCUT2D eigenvalue weighted by Gasteiger charge is -2.21. The van der Waals surface area contributed by atoms with Crippen molar-refractivity contribution >= 4 is 33.5 Å². The summed E-state index contributed by atoms with van der Waals surface area (Å²) >= 11 is 5.83. The molecule has 0 saturated heterocycles. The zero-order valence-corrected chi connectivity index (χ0v) is 18.8. The molecule has 7 nitrogen and oxygen atoms in total. The maximum atomic E-state index is 12.6. The number of ether oxygens (including phenoxy) is 1. The number of esters is 1. The van der Waals surface area contributed by atoms with Crippen LogP contribution in [0.25, 0.3) is 0 Å². The molecule has 0 bridgehead atoms. The van der Waals surface area contributed by atoms with Crippen LogP contribution in [0.1, 0.15) is 36.7 Å². The number of carbonyl (C=O) groups excluding carboxylic acids is 2. The number of rotatable bonds is 8. The van der Waals surface area contributed by atoms with Gasteiger partial charge in [0.2, 0.25) is 10.0 Å². The molecule has 0 radical (unpaired) electrons. The molecular weight excluding hydrogens is 428 g/mol. The molecule has 2 aromatic rings. The van der Waals surface area contributed by atoms with E-state index in [-0.39, 0.29) is 23.0 Å². The number of carbonyl (C=O) groups is 2. The van der Waals surface area contributed by atoms with Gasteiger partial charge in [-0.3, -0.25) is 4.79 Å². The third-order valence-corrected chi connectivity index (χ3v) is 6.79. The molecule has 1 unspecified atom stereocenters. The summed E-state index contributed by atoms with van der Waals surface area (Å²) in [7, 11) is -2.27. The first-order valence-electron chi connectivity index (χ1n) is 9.33. The minimum atomic E-state index is -3.74. The van der Waals surface area contributed by atoms with Crippen molar-refractivity contribution in [2.24, 2.45) is 0 Å². The van der Waals surface area contributed by atoms with Gasteiger partial charge in [0.25, 0.3) is 5.91 Å². The summed E-state index contributed by atoms with van der Waals surface area (Å²) in [5.74, 6) is -1.25. The molecule has 2 aromatic carbocycles. The Morgan fingerprint density at radius 1 is 1.10 bits per heavy atom. The molecule has 0 fully saturated rings. The van der Waals surface area contributed by atoms with Gasteiger partial charge in [-0.25, -0.2) is 13.2 Å². The third-order valence-electron chi connectivity index (χ3n) is 4.51. The Morgan fingerprint density at radius 2 is 1.73 bits per heavy atom. The summed E-state index contributed by atoms with van der Waals surface area (Å²) in [6.07, 6.45) is -1.05. The highest BCUT2D eigenvalue weighted by atomic mass is 35.5. The van der Waals surface area contributed by atoms with Crippen LogP contribution in [-0.4, -0.2) is 43.8 Å². The molecule has 0 aliphatic rings. The SMILES string of the molecule is CC(OC(=O)c1cccc(S(=O)(=O)N(C)C(C)C)c1)C(=O)NCc1ccc(Cl)cc1. The zero-order valence-electron chi connectivity index (χ0n) is 17.3. The van der Waals surface area contributed by atoms with Crippen LogP contribution in [0, 0.1) is 0 Å². The molecule has 0 aliphatic heterocycles. The van der Waals surface area contributed by atoms with Crippen LogP contribution >= 0.6 is 11.6 Å². The molecule has 162 valence electrons. The Balaban J connectivity index is 2.03. The molecule has 1 atom stereocenters. The second kappa shape index (κ2) is 10.1. The van der Waals surface area contributed by atoms with E-state index in [4.69, 9.17) is 16.3 Å². The topological polar surface area (TPSA) is 92.8 Å². The lowest BCUT2D eigenvalue weighted by molar-refractivity contribution is -0.129. The minimum Gasteiger partial charge on any atom is -0.449 e. The fourth-order valence-electron chi connectivity index (χ4n) is 2.44. The standard InChI is InChI=1S/C21H25ClN2O5S/c1-14(2)24(4)30(27,28)19-7-5-6-17(12-19)21(26)29-15(3)20(25)23-13-16-8-10-18(22)11-9-16/h5-12,14-15H,13H2,1-4H3,(H,23,25). The summed E-state index contributed by atoms with van der Waals surface area (Å²) < 4.78 is 31.7. The van der Waals surface area contributed by atoms with E-state index >= 15 is 0 Å². The highest BCUT2D eigenvalue weighted by Crippen LogP contribution is 2.18. The van der Waals surface area contributed by atoms with Crippen molar-refractivity contribution in [1.82, 2.24) is 9.62 Å². The molecule has 1 N–H and O–H groups in total. The second-order valence-electron chi connectivity index (χ2n) is 7.03. The van der Waals surface area contributed by atoms with E-state index in [2.05, 4.69) is 5.32 Å². The second-order valence-corrected chi connectivity index (χ2v) is 9.47. The molecule has 2 rings (SSSR count). The monoisotopic (exact) mass is 452 g/mol. The summed E-state index contributed by atoms with van der Waals surface area (Å²) in [5.41, 5.74) is 0.893. The van der Waals surface area contributed by atoms with Crippen LogP contribution in [0.15, 0.2) is 53.4 Å². The fourth-order valence-corrected chi connectivity index (χ4v) is 3.98. The Kier molecular flexibility index (Phi) is 8.00. The van der Waals surface area contributed by atoms with E-state index < -0.39 is 28.0 Å². The zero-order chi connectivity index (χ0) is 22.5. The van der Waals surface area contributed by atoms with E-state index in [1.165, 1.54) is 42.5 Å². The first-order chi connectivity index (χ1) is 14.0. The van der Waals surface area contributed by atoms with Gasteiger partial charge < -0.3 is 10.1 Å². The molecule has 0 aliphatic carbocycles. The number of halogens is 1. The molecule has 1 amide bonds. The molecule has 30 heavy (non-hydrogen) atoms. The number of hydrogen-bond donors (Lipinski definition) is 1. The third kappa shape index (κ3) is 6.04. The van der Waals surface area contributed by atoms with Gasteiger partial charge in [-0.15, -0.1) is 0 Å². The van der Waals surface area contributed by atoms with Crippen molar-refractivity contribution in [1.29, 1.82) is 0 Å². The first kappa shape index (κ1) is 23.9.